The molecule has 2 atom stereocenters. The molecule has 1 aliphatic rings. The number of fused-ring (bicyclic) bond motifs is 1. The summed E-state index contributed by atoms with van der Waals surface area (Å²) >= 11 is 12.4. The molecule has 1 N–H and O–H groups in total. The lowest BCUT2D eigenvalue weighted by molar-refractivity contribution is 0.0724. The summed E-state index contributed by atoms with van der Waals surface area (Å²) in [4.78, 5) is 1.98. The molecule has 0 heterocycles. The van der Waals surface area contributed by atoms with Crippen LogP contribution in [-0.4, -0.2) is 30.3 Å². The zero-order valence-corrected chi connectivity index (χ0v) is 14.9. The Labute approximate surface area is 150 Å². The fraction of sp³-hybridized carbons (Fsp3) is 0.333. The van der Waals surface area contributed by atoms with E-state index >= 15 is 0 Å². The molecule has 2 aromatic rings. The molecule has 0 bridgehead atoms. The second kappa shape index (κ2) is 6.89. The Balaban J connectivity index is 1.86. The highest BCUT2D eigenvalue weighted by Gasteiger charge is 2.35. The molecule has 0 unspecified atom stereocenters. The van der Waals surface area contributed by atoms with Gasteiger partial charge in [0.2, 0.25) is 0 Å². The molecule has 3 rings (SSSR count). The number of aliphatic hydroxyl groups is 1. The second-order valence-electron chi connectivity index (χ2n) is 6.06. The molecular formula is C18H18Cl2FNO2. The number of halogens is 3. The number of ether oxygens (including phenoxy) is 1. The van der Waals surface area contributed by atoms with Crippen molar-refractivity contribution in [2.75, 3.05) is 14.2 Å². The van der Waals surface area contributed by atoms with Crippen LogP contribution in [-0.2, 0) is 13.0 Å². The lowest BCUT2D eigenvalue weighted by Crippen LogP contribution is -2.30. The third-order valence-electron chi connectivity index (χ3n) is 4.41. The van der Waals surface area contributed by atoms with Gasteiger partial charge in [-0.1, -0.05) is 29.3 Å². The summed E-state index contributed by atoms with van der Waals surface area (Å²) in [7, 11) is 3.32. The number of hydrogen-bond acceptors (Lipinski definition) is 3. The first-order chi connectivity index (χ1) is 11.4. The normalized spacial score (nSPS) is 19.6. The molecule has 6 heteroatoms. The lowest BCUT2D eigenvalue weighted by Gasteiger charge is -2.28. The first-order valence-electron chi connectivity index (χ1n) is 7.59. The van der Waals surface area contributed by atoms with E-state index in [0.29, 0.717) is 23.0 Å². The van der Waals surface area contributed by atoms with Gasteiger partial charge < -0.3 is 9.84 Å². The predicted octanol–water partition coefficient (Wildman–Crippen LogP) is 4.23. The van der Waals surface area contributed by atoms with Crippen molar-refractivity contribution in [3.8, 4) is 5.75 Å². The fourth-order valence-electron chi connectivity index (χ4n) is 3.36. The molecule has 0 fully saturated rings. The molecule has 128 valence electrons. The highest BCUT2D eigenvalue weighted by Crippen LogP contribution is 2.41. The van der Waals surface area contributed by atoms with Crippen molar-refractivity contribution in [3.05, 3.63) is 62.9 Å². The highest BCUT2D eigenvalue weighted by molar-refractivity contribution is 6.35. The first kappa shape index (κ1) is 17.5. The van der Waals surface area contributed by atoms with E-state index < -0.39 is 11.9 Å². The van der Waals surface area contributed by atoms with E-state index in [9.17, 15) is 9.50 Å². The molecule has 0 aliphatic heterocycles. The van der Waals surface area contributed by atoms with Gasteiger partial charge in [0.1, 0.15) is 0 Å². The van der Waals surface area contributed by atoms with Gasteiger partial charge in [0.25, 0.3) is 0 Å². The van der Waals surface area contributed by atoms with Gasteiger partial charge in [0, 0.05) is 23.0 Å². The topological polar surface area (TPSA) is 32.7 Å². The van der Waals surface area contributed by atoms with Crippen molar-refractivity contribution in [1.29, 1.82) is 0 Å². The van der Waals surface area contributed by atoms with Gasteiger partial charge >= 0.3 is 0 Å². The Hall–Kier alpha value is -1.33. The zero-order valence-electron chi connectivity index (χ0n) is 13.4. The van der Waals surface area contributed by atoms with Crippen LogP contribution in [0.15, 0.2) is 30.3 Å². The Morgan fingerprint density at radius 3 is 2.71 bits per heavy atom. The first-order valence-corrected chi connectivity index (χ1v) is 8.35. The average molecular weight is 370 g/mol. The second-order valence-corrected chi connectivity index (χ2v) is 6.90. The molecule has 2 aromatic carbocycles. The van der Waals surface area contributed by atoms with Crippen LogP contribution >= 0.6 is 23.2 Å². The van der Waals surface area contributed by atoms with E-state index in [0.717, 1.165) is 16.7 Å². The van der Waals surface area contributed by atoms with Crippen LogP contribution < -0.4 is 4.74 Å². The molecule has 0 aromatic heterocycles. The third kappa shape index (κ3) is 3.24. The maximum Gasteiger partial charge on any atom is 0.165 e. The summed E-state index contributed by atoms with van der Waals surface area (Å²) in [5, 5.41) is 11.6. The quantitative estimate of drug-likeness (QED) is 0.874. The minimum Gasteiger partial charge on any atom is -0.494 e. The van der Waals surface area contributed by atoms with Gasteiger partial charge in [-0.3, -0.25) is 4.90 Å². The minimum atomic E-state index is -0.580. The number of benzene rings is 2. The molecule has 0 saturated heterocycles. The maximum absolute atomic E-state index is 13.9. The molecule has 0 radical (unpaired) electrons. The SMILES string of the molecule is COc1ccc(CN(C)[C@H]2c3cc(Cl)cc(Cl)c3C[C@@H]2O)cc1F. The van der Waals surface area contributed by atoms with Crippen molar-refractivity contribution < 1.29 is 14.2 Å². The number of rotatable bonds is 4. The minimum absolute atomic E-state index is 0.214. The average Bonchev–Trinajstić information content (AvgIpc) is 2.84. The van der Waals surface area contributed by atoms with E-state index in [1.807, 2.05) is 24.1 Å². The van der Waals surface area contributed by atoms with Crippen molar-refractivity contribution in [2.45, 2.75) is 25.1 Å². The number of methoxy groups -OCH3 is 1. The van der Waals surface area contributed by atoms with Gasteiger partial charge in [-0.2, -0.15) is 0 Å². The van der Waals surface area contributed by atoms with Crippen molar-refractivity contribution in [2.24, 2.45) is 0 Å². The van der Waals surface area contributed by atoms with Gasteiger partial charge in [0.15, 0.2) is 11.6 Å². The third-order valence-corrected chi connectivity index (χ3v) is 4.97. The van der Waals surface area contributed by atoms with Crippen LogP contribution in [0.25, 0.3) is 0 Å². The summed E-state index contributed by atoms with van der Waals surface area (Å²) in [5.41, 5.74) is 2.65. The molecule has 1 aliphatic carbocycles. The van der Waals surface area contributed by atoms with Crippen molar-refractivity contribution >= 4 is 23.2 Å². The highest BCUT2D eigenvalue weighted by atomic mass is 35.5. The van der Waals surface area contributed by atoms with Crippen molar-refractivity contribution in [3.63, 3.8) is 0 Å². The zero-order chi connectivity index (χ0) is 17.4. The van der Waals surface area contributed by atoms with E-state index in [1.54, 1.807) is 12.1 Å². The summed E-state index contributed by atoms with van der Waals surface area (Å²) in [5.74, 6) is -0.187. The van der Waals surface area contributed by atoms with Crippen molar-refractivity contribution in [1.82, 2.24) is 4.90 Å². The Kier molecular flexibility index (Phi) is 5.02. The smallest absolute Gasteiger partial charge is 0.165 e. The Morgan fingerprint density at radius 2 is 2.04 bits per heavy atom. The molecule has 0 saturated carbocycles. The molecule has 3 nitrogen and oxygen atoms in total. The lowest BCUT2D eigenvalue weighted by atomic mass is 10.1. The summed E-state index contributed by atoms with van der Waals surface area (Å²) < 4.78 is 18.8. The van der Waals surface area contributed by atoms with E-state index in [4.69, 9.17) is 27.9 Å². The Bertz CT molecular complexity index is 769. The number of aliphatic hydroxyl groups excluding tert-OH is 1. The van der Waals surface area contributed by atoms with E-state index in [1.165, 1.54) is 13.2 Å². The molecule has 0 spiro atoms. The number of nitrogens with zero attached hydrogens (tertiary/aromatic N) is 1. The van der Waals surface area contributed by atoms with Gasteiger partial charge in [0.05, 0.1) is 19.3 Å². The summed E-state index contributed by atoms with van der Waals surface area (Å²) in [6, 6.07) is 8.16. The van der Waals surface area contributed by atoms with E-state index in [2.05, 4.69) is 0 Å². The molecule has 0 amide bonds. The largest absolute Gasteiger partial charge is 0.494 e. The van der Waals surface area contributed by atoms with Crippen LogP contribution in [0.2, 0.25) is 10.0 Å². The standard InChI is InChI=1S/C18H18Cl2FNO2/c1-22(9-10-3-4-17(24-2)15(21)5-10)18-13-6-11(19)7-14(20)12(13)8-16(18)23/h3-7,16,18,23H,8-9H2,1-2H3/t16-,18-/m0/s1. The summed E-state index contributed by atoms with van der Waals surface area (Å²) in [6.45, 7) is 0.478. The summed E-state index contributed by atoms with van der Waals surface area (Å²) in [6.07, 6.45) is -0.0961. The van der Waals surface area contributed by atoms with Gasteiger partial charge in [-0.15, -0.1) is 0 Å². The van der Waals surface area contributed by atoms with Crippen LogP contribution in [0.4, 0.5) is 4.39 Å². The Morgan fingerprint density at radius 1 is 1.29 bits per heavy atom. The monoisotopic (exact) mass is 369 g/mol. The van der Waals surface area contributed by atoms with Gasteiger partial charge in [-0.05, 0) is 48.0 Å². The number of hydrogen-bond donors (Lipinski definition) is 1. The molecule has 24 heavy (non-hydrogen) atoms. The predicted molar refractivity (Wildman–Crippen MR) is 93.3 cm³/mol. The van der Waals surface area contributed by atoms with Crippen LogP contribution in [0, 0.1) is 5.82 Å². The molecular weight excluding hydrogens is 352 g/mol. The maximum atomic E-state index is 13.9. The van der Waals surface area contributed by atoms with Gasteiger partial charge in [-0.25, -0.2) is 4.39 Å². The van der Waals surface area contributed by atoms with Crippen LogP contribution in [0.1, 0.15) is 22.7 Å². The number of likely N-dealkylation sites (N-methyl/N-ethyl adjacent to an activating group) is 1. The van der Waals surface area contributed by atoms with Crippen LogP contribution in [0.3, 0.4) is 0 Å². The van der Waals surface area contributed by atoms with Crippen LogP contribution in [0.5, 0.6) is 5.75 Å². The van der Waals surface area contributed by atoms with E-state index in [-0.39, 0.29) is 11.8 Å². The fourth-order valence-corrected chi connectivity index (χ4v) is 3.94.